The zero-order valence-corrected chi connectivity index (χ0v) is 34.3. The molecule has 1 aromatic carbocycles. The Morgan fingerprint density at radius 1 is 1.00 bits per heavy atom. The maximum Gasteiger partial charge on any atom is 0.408 e. The van der Waals surface area contributed by atoms with Crippen LogP contribution < -0.4 is 20.1 Å². The van der Waals surface area contributed by atoms with Crippen molar-refractivity contribution < 1.29 is 45.9 Å². The third-order valence-electron chi connectivity index (χ3n) is 12.9. The Morgan fingerprint density at radius 2 is 1.74 bits per heavy atom. The van der Waals surface area contributed by atoms with Crippen molar-refractivity contribution >= 4 is 44.7 Å². The highest BCUT2D eigenvalue weighted by atomic mass is 32.2. The Kier molecular flexibility index (Phi) is 11.8. The topological polar surface area (TPSA) is 173 Å². The lowest BCUT2D eigenvalue weighted by molar-refractivity contribution is -0.144. The number of pyridine rings is 1. The number of para-hydroxylation sites is 1. The second-order valence-corrected chi connectivity index (χ2v) is 19.3. The molecule has 3 saturated carbocycles. The molecule has 0 spiro atoms. The first-order chi connectivity index (χ1) is 27.5. The van der Waals surface area contributed by atoms with Gasteiger partial charge in [0, 0.05) is 36.1 Å². The highest BCUT2D eigenvalue weighted by molar-refractivity contribution is 7.91. The van der Waals surface area contributed by atoms with Gasteiger partial charge in [-0.15, -0.1) is 0 Å². The van der Waals surface area contributed by atoms with E-state index in [1.54, 1.807) is 6.92 Å². The Morgan fingerprint density at radius 3 is 2.43 bits per heavy atom. The number of amides is 4. The van der Waals surface area contributed by atoms with Crippen LogP contribution in [0, 0.1) is 12.8 Å². The molecule has 5 aliphatic rings. The molecule has 2 aliphatic heterocycles. The number of halogens is 2. The maximum absolute atomic E-state index is 14.7. The molecule has 316 valence electrons. The Labute approximate surface area is 338 Å². The second kappa shape index (κ2) is 16.4. The molecule has 1 aromatic heterocycles. The van der Waals surface area contributed by atoms with Crippen LogP contribution in [-0.2, 0) is 35.6 Å². The molecule has 4 fully saturated rings. The van der Waals surface area contributed by atoms with E-state index < -0.39 is 93.1 Å². The SMILES string of the molecule is CCc1c(OC2CC3C(=O)NC4(C(=O)NS(=O)(=O)C5(C)CC5)CCC4C=CCCCCCC(NC(=O)OC4CCC(F)(F)CC4)C(=O)N3C2)c(C)nc2ccccc12. The van der Waals surface area contributed by atoms with Crippen LogP contribution in [0.2, 0.25) is 0 Å². The predicted octanol–water partition coefficient (Wildman–Crippen LogP) is 5.91. The highest BCUT2D eigenvalue weighted by Crippen LogP contribution is 2.45. The van der Waals surface area contributed by atoms with Crippen molar-refractivity contribution in [3.8, 4) is 5.75 Å². The van der Waals surface area contributed by atoms with Gasteiger partial charge in [0.25, 0.3) is 5.91 Å². The summed E-state index contributed by atoms with van der Waals surface area (Å²) in [5.74, 6) is -4.75. The molecule has 1 saturated heterocycles. The first-order valence-corrected chi connectivity index (χ1v) is 22.3. The summed E-state index contributed by atoms with van der Waals surface area (Å²) in [4.78, 5) is 62.9. The third-order valence-corrected chi connectivity index (χ3v) is 15.1. The maximum atomic E-state index is 14.7. The quantitative estimate of drug-likeness (QED) is 0.274. The average Bonchev–Trinajstić information content (AvgIpc) is 3.80. The number of hydrogen-bond donors (Lipinski definition) is 3. The van der Waals surface area contributed by atoms with Crippen molar-refractivity contribution in [2.45, 2.75) is 158 Å². The molecule has 7 rings (SSSR count). The standard InChI is InChI=1S/C42H55F2N5O8S/c1-4-30-31-13-10-11-14-32(31)45-26(2)35(30)56-29-24-34-36(50)47-42(38(52)48-58(54,55)40(3)22-23-40)21-16-27(42)12-8-6-5-7-9-15-33(37(51)49(34)25-29)46-39(53)57-28-17-19-41(43,44)20-18-28/h8,10-14,27-29,33-34H,4-7,9,15-25H2,1-3H3,(H,46,53)(H,47,50)(H,48,52). The fourth-order valence-electron chi connectivity index (χ4n) is 8.85. The van der Waals surface area contributed by atoms with Gasteiger partial charge in [-0.3, -0.25) is 19.1 Å². The fraction of sp³-hybridized carbons (Fsp3) is 0.643. The van der Waals surface area contributed by atoms with Crippen molar-refractivity contribution in [1.29, 1.82) is 0 Å². The van der Waals surface area contributed by atoms with Crippen LogP contribution in [0.1, 0.15) is 115 Å². The molecule has 3 aliphatic carbocycles. The molecule has 0 radical (unpaired) electrons. The monoisotopic (exact) mass is 827 g/mol. The number of alkyl carbamates (subject to hydrolysis) is 1. The molecular formula is C42H55F2N5O8S. The van der Waals surface area contributed by atoms with Crippen molar-refractivity contribution in [3.63, 3.8) is 0 Å². The molecule has 3 heterocycles. The van der Waals surface area contributed by atoms with Gasteiger partial charge in [0.15, 0.2) is 0 Å². The predicted molar refractivity (Wildman–Crippen MR) is 212 cm³/mol. The number of aryl methyl sites for hydroxylation is 2. The highest BCUT2D eigenvalue weighted by Gasteiger charge is 2.58. The number of alkyl halides is 2. The van der Waals surface area contributed by atoms with Crippen LogP contribution in [0.4, 0.5) is 13.6 Å². The van der Waals surface area contributed by atoms with Crippen LogP contribution in [0.3, 0.4) is 0 Å². The molecule has 0 bridgehead atoms. The molecule has 13 nitrogen and oxygen atoms in total. The summed E-state index contributed by atoms with van der Waals surface area (Å²) in [6, 6.07) is 5.45. The van der Waals surface area contributed by atoms with E-state index >= 15 is 0 Å². The van der Waals surface area contributed by atoms with Crippen LogP contribution in [0.15, 0.2) is 36.4 Å². The second-order valence-electron chi connectivity index (χ2n) is 17.1. The summed E-state index contributed by atoms with van der Waals surface area (Å²) in [5, 5.41) is 6.56. The number of carbonyl (C=O) groups excluding carboxylic acids is 4. The molecular weight excluding hydrogens is 773 g/mol. The summed E-state index contributed by atoms with van der Waals surface area (Å²) >= 11 is 0. The zero-order valence-electron chi connectivity index (χ0n) is 33.5. The summed E-state index contributed by atoms with van der Waals surface area (Å²) in [5.41, 5.74) is 0.804. The van der Waals surface area contributed by atoms with Gasteiger partial charge in [0.1, 0.15) is 35.6 Å². The Hall–Kier alpha value is -4.34. The first kappa shape index (κ1) is 41.8. The van der Waals surface area contributed by atoms with E-state index in [2.05, 4.69) is 15.4 Å². The van der Waals surface area contributed by atoms with Gasteiger partial charge in [-0.05, 0) is 84.1 Å². The van der Waals surface area contributed by atoms with E-state index in [0.717, 1.165) is 22.9 Å². The van der Waals surface area contributed by atoms with Crippen molar-refractivity contribution in [2.75, 3.05) is 6.54 Å². The van der Waals surface area contributed by atoms with Gasteiger partial charge < -0.3 is 25.0 Å². The van der Waals surface area contributed by atoms with E-state index in [-0.39, 0.29) is 38.6 Å². The van der Waals surface area contributed by atoms with Gasteiger partial charge >= 0.3 is 6.09 Å². The minimum Gasteiger partial charge on any atom is -0.486 e. The number of aromatic nitrogens is 1. The minimum absolute atomic E-state index is 0.000400. The number of hydrogen-bond acceptors (Lipinski definition) is 9. The van der Waals surface area contributed by atoms with Crippen LogP contribution >= 0.6 is 0 Å². The molecule has 5 atom stereocenters. The number of nitrogens with one attached hydrogen (secondary N) is 3. The van der Waals surface area contributed by atoms with E-state index in [4.69, 9.17) is 14.5 Å². The minimum atomic E-state index is -4.03. The van der Waals surface area contributed by atoms with Gasteiger partial charge in [-0.1, -0.05) is 50.1 Å². The summed E-state index contributed by atoms with van der Waals surface area (Å²) in [7, 11) is -4.03. The number of allylic oxidation sites excluding steroid dienone is 1. The lowest BCUT2D eigenvalue weighted by Gasteiger charge is -2.47. The molecule has 5 unspecified atom stereocenters. The van der Waals surface area contributed by atoms with Gasteiger partial charge in [-0.25, -0.2) is 27.0 Å². The summed E-state index contributed by atoms with van der Waals surface area (Å²) in [6.07, 6.45) is 5.83. The summed E-state index contributed by atoms with van der Waals surface area (Å²) < 4.78 is 67.7. The summed E-state index contributed by atoms with van der Waals surface area (Å²) in [6.45, 7) is 5.40. The number of nitrogens with zero attached hydrogens (tertiary/aromatic N) is 2. The van der Waals surface area contributed by atoms with Crippen LogP contribution in [-0.4, -0.2) is 89.2 Å². The van der Waals surface area contributed by atoms with Crippen molar-refractivity contribution in [3.05, 3.63) is 47.7 Å². The smallest absolute Gasteiger partial charge is 0.408 e. The van der Waals surface area contributed by atoms with Gasteiger partial charge in [0.05, 0.1) is 22.5 Å². The molecule has 16 heteroatoms. The number of benzene rings is 1. The largest absolute Gasteiger partial charge is 0.486 e. The van der Waals surface area contributed by atoms with Gasteiger partial charge in [-0.2, -0.15) is 0 Å². The Bertz CT molecular complexity index is 2070. The van der Waals surface area contributed by atoms with Crippen LogP contribution in [0.5, 0.6) is 5.75 Å². The van der Waals surface area contributed by atoms with E-state index in [1.807, 2.05) is 50.3 Å². The molecule has 4 amide bonds. The lowest BCUT2D eigenvalue weighted by atomic mass is 9.65. The average molecular weight is 828 g/mol. The third kappa shape index (κ3) is 8.53. The molecule has 3 N–H and O–H groups in total. The van der Waals surface area contributed by atoms with E-state index in [0.29, 0.717) is 56.4 Å². The lowest BCUT2D eigenvalue weighted by Crippen LogP contribution is -2.70. The number of fused-ring (bicyclic) bond motifs is 3. The normalized spacial score (nSPS) is 28.8. The number of ether oxygens (including phenoxy) is 2. The fourth-order valence-corrected chi connectivity index (χ4v) is 10.2. The molecule has 58 heavy (non-hydrogen) atoms. The first-order valence-electron chi connectivity index (χ1n) is 20.8. The molecule has 2 aromatic rings. The van der Waals surface area contributed by atoms with Crippen molar-refractivity contribution in [1.82, 2.24) is 25.2 Å². The zero-order chi connectivity index (χ0) is 41.5. The van der Waals surface area contributed by atoms with E-state index in [1.165, 1.54) is 4.90 Å². The van der Waals surface area contributed by atoms with Crippen LogP contribution in [0.25, 0.3) is 10.9 Å². The number of sulfonamides is 1. The number of rotatable bonds is 8. The van der Waals surface area contributed by atoms with Gasteiger partial charge in [0.2, 0.25) is 27.8 Å². The number of carbonyl (C=O) groups is 4. The van der Waals surface area contributed by atoms with E-state index in [9.17, 15) is 36.4 Å². The Balaban J connectivity index is 1.19. The van der Waals surface area contributed by atoms with Crippen molar-refractivity contribution in [2.24, 2.45) is 5.92 Å².